The van der Waals surface area contributed by atoms with Crippen molar-refractivity contribution in [2.45, 2.75) is 19.4 Å². The van der Waals surface area contributed by atoms with Crippen LogP contribution in [0.3, 0.4) is 0 Å². The summed E-state index contributed by atoms with van der Waals surface area (Å²) in [6.45, 7) is 2.97. The largest absolute Gasteiger partial charge is 0.428 e. The molecule has 0 saturated heterocycles. The Morgan fingerprint density at radius 3 is 2.35 bits per heavy atom. The van der Waals surface area contributed by atoms with Gasteiger partial charge in [-0.3, -0.25) is 5.32 Å². The van der Waals surface area contributed by atoms with Gasteiger partial charge in [-0.1, -0.05) is 23.2 Å². The number of ether oxygens (including phenoxy) is 1. The lowest BCUT2D eigenvalue weighted by atomic mass is 10.2. The van der Waals surface area contributed by atoms with Crippen LogP contribution < -0.4 is 5.32 Å². The summed E-state index contributed by atoms with van der Waals surface area (Å²) in [6.07, 6.45) is -0.741. The van der Waals surface area contributed by atoms with Gasteiger partial charge in [-0.15, -0.1) is 0 Å². The maximum atomic E-state index is 11.4. The Hall–Kier alpha value is -1.44. The Morgan fingerprint density at radius 1 is 1.35 bits per heavy atom. The Balaban J connectivity index is 2.72. The van der Waals surface area contributed by atoms with Gasteiger partial charge in [-0.25, -0.2) is 4.79 Å². The molecule has 1 aromatic carbocycles. The highest BCUT2D eigenvalue weighted by Crippen LogP contribution is 2.22. The van der Waals surface area contributed by atoms with E-state index in [9.17, 15) is 4.79 Å². The number of halogens is 2. The molecule has 0 radical (unpaired) electrons. The summed E-state index contributed by atoms with van der Waals surface area (Å²) in [5, 5.41) is 11.9. The standard InChI is InChI=1S/C11H10Cl2N2O2/c1-11(2,6-14)17-10(16)15-9-4-7(12)3-8(13)5-9/h3-5H,1-2H3,(H,15,16). The van der Waals surface area contributed by atoms with E-state index in [0.29, 0.717) is 15.7 Å². The number of anilines is 1. The molecule has 0 unspecified atom stereocenters. The van der Waals surface area contributed by atoms with Gasteiger partial charge in [0, 0.05) is 15.7 Å². The first kappa shape index (κ1) is 13.6. The second-order valence-corrected chi connectivity index (χ2v) is 4.67. The molecule has 17 heavy (non-hydrogen) atoms. The van der Waals surface area contributed by atoms with Crippen LogP contribution in [0, 0.1) is 11.3 Å². The van der Waals surface area contributed by atoms with Gasteiger partial charge >= 0.3 is 6.09 Å². The van der Waals surface area contributed by atoms with Crippen LogP contribution in [0.4, 0.5) is 10.5 Å². The third kappa shape index (κ3) is 4.51. The quantitative estimate of drug-likeness (QED) is 0.890. The van der Waals surface area contributed by atoms with Gasteiger partial charge < -0.3 is 4.74 Å². The van der Waals surface area contributed by atoms with Crippen LogP contribution in [0.25, 0.3) is 0 Å². The lowest BCUT2D eigenvalue weighted by molar-refractivity contribution is 0.0890. The molecule has 0 bridgehead atoms. The average Bonchev–Trinajstić information content (AvgIpc) is 2.14. The molecule has 0 saturated carbocycles. The Labute approximate surface area is 109 Å². The molecule has 0 aliphatic rings. The topological polar surface area (TPSA) is 62.1 Å². The first-order chi connectivity index (χ1) is 7.82. The van der Waals surface area contributed by atoms with Crippen molar-refractivity contribution in [1.82, 2.24) is 0 Å². The molecule has 1 aromatic rings. The maximum Gasteiger partial charge on any atom is 0.413 e. The molecule has 0 heterocycles. The summed E-state index contributed by atoms with van der Waals surface area (Å²) in [5.74, 6) is 0. The van der Waals surface area contributed by atoms with Crippen LogP contribution in [0.5, 0.6) is 0 Å². The SMILES string of the molecule is CC(C)(C#N)OC(=O)Nc1cc(Cl)cc(Cl)c1. The number of nitrogens with one attached hydrogen (secondary N) is 1. The predicted octanol–water partition coefficient (Wildman–Crippen LogP) is 3.84. The normalized spacial score (nSPS) is 10.5. The van der Waals surface area contributed by atoms with Gasteiger partial charge in [0.1, 0.15) is 6.07 Å². The molecule has 90 valence electrons. The van der Waals surface area contributed by atoms with Gasteiger partial charge in [0.25, 0.3) is 0 Å². The minimum absolute atomic E-state index is 0.396. The van der Waals surface area contributed by atoms with Gasteiger partial charge in [0.05, 0.1) is 0 Å². The van der Waals surface area contributed by atoms with Crippen molar-refractivity contribution >= 4 is 35.0 Å². The number of nitrogens with zero attached hydrogens (tertiary/aromatic N) is 1. The number of hydrogen-bond donors (Lipinski definition) is 1. The molecular weight excluding hydrogens is 263 g/mol. The Kier molecular flexibility index (Phi) is 4.22. The molecule has 0 aromatic heterocycles. The van der Waals surface area contributed by atoms with Crippen molar-refractivity contribution in [3.05, 3.63) is 28.2 Å². The second-order valence-electron chi connectivity index (χ2n) is 3.79. The van der Waals surface area contributed by atoms with E-state index >= 15 is 0 Å². The smallest absolute Gasteiger partial charge is 0.413 e. The highest BCUT2D eigenvalue weighted by atomic mass is 35.5. The lowest BCUT2D eigenvalue weighted by Crippen LogP contribution is -2.28. The lowest BCUT2D eigenvalue weighted by Gasteiger charge is -2.16. The van der Waals surface area contributed by atoms with E-state index < -0.39 is 11.7 Å². The fraction of sp³-hybridized carbons (Fsp3) is 0.273. The van der Waals surface area contributed by atoms with Crippen LogP contribution in [-0.2, 0) is 4.74 Å². The van der Waals surface area contributed by atoms with Crippen LogP contribution in [0.15, 0.2) is 18.2 Å². The van der Waals surface area contributed by atoms with E-state index in [-0.39, 0.29) is 0 Å². The van der Waals surface area contributed by atoms with E-state index in [4.69, 9.17) is 33.2 Å². The van der Waals surface area contributed by atoms with Crippen LogP contribution in [0.1, 0.15) is 13.8 Å². The zero-order valence-electron chi connectivity index (χ0n) is 9.25. The molecule has 0 spiro atoms. The molecular formula is C11H10Cl2N2O2. The number of carbonyl (C=O) groups is 1. The number of benzene rings is 1. The minimum Gasteiger partial charge on any atom is -0.428 e. The van der Waals surface area contributed by atoms with E-state index in [2.05, 4.69) is 5.32 Å². The maximum absolute atomic E-state index is 11.4. The number of carbonyl (C=O) groups excluding carboxylic acids is 1. The highest BCUT2D eigenvalue weighted by molar-refractivity contribution is 6.35. The highest BCUT2D eigenvalue weighted by Gasteiger charge is 2.21. The van der Waals surface area contributed by atoms with Crippen molar-refractivity contribution < 1.29 is 9.53 Å². The molecule has 1 N–H and O–H groups in total. The van der Waals surface area contributed by atoms with Crippen molar-refractivity contribution in [3.8, 4) is 6.07 Å². The van der Waals surface area contributed by atoms with E-state index in [0.717, 1.165) is 0 Å². The molecule has 4 nitrogen and oxygen atoms in total. The van der Waals surface area contributed by atoms with Crippen molar-refractivity contribution in [3.63, 3.8) is 0 Å². The summed E-state index contributed by atoms with van der Waals surface area (Å²) in [7, 11) is 0. The third-order valence-corrected chi connectivity index (χ3v) is 2.16. The van der Waals surface area contributed by atoms with Gasteiger partial charge in [-0.05, 0) is 32.0 Å². The summed E-state index contributed by atoms with van der Waals surface area (Å²) in [6, 6.07) is 6.43. The predicted molar refractivity (Wildman–Crippen MR) is 66.3 cm³/mol. The molecule has 0 atom stereocenters. The van der Waals surface area contributed by atoms with Gasteiger partial charge in [0.2, 0.25) is 0 Å². The Morgan fingerprint density at radius 2 is 1.88 bits per heavy atom. The second kappa shape index (κ2) is 5.26. The first-order valence-electron chi connectivity index (χ1n) is 4.70. The molecule has 0 fully saturated rings. The summed E-state index contributed by atoms with van der Waals surface area (Å²) in [4.78, 5) is 11.4. The van der Waals surface area contributed by atoms with Crippen molar-refractivity contribution in [2.75, 3.05) is 5.32 Å². The third-order valence-electron chi connectivity index (χ3n) is 1.73. The van der Waals surface area contributed by atoms with Crippen LogP contribution in [-0.4, -0.2) is 11.7 Å². The first-order valence-corrected chi connectivity index (χ1v) is 5.45. The van der Waals surface area contributed by atoms with E-state index in [1.54, 1.807) is 6.07 Å². The summed E-state index contributed by atoms with van der Waals surface area (Å²) < 4.78 is 4.87. The fourth-order valence-corrected chi connectivity index (χ4v) is 1.55. The molecule has 6 heteroatoms. The zero-order chi connectivity index (χ0) is 13.1. The monoisotopic (exact) mass is 272 g/mol. The molecule has 1 amide bonds. The van der Waals surface area contributed by atoms with Crippen molar-refractivity contribution in [2.24, 2.45) is 0 Å². The van der Waals surface area contributed by atoms with E-state index in [1.807, 2.05) is 6.07 Å². The zero-order valence-corrected chi connectivity index (χ0v) is 10.8. The van der Waals surface area contributed by atoms with E-state index in [1.165, 1.54) is 26.0 Å². The minimum atomic E-state index is -1.19. The number of hydrogen-bond acceptors (Lipinski definition) is 3. The summed E-state index contributed by atoms with van der Waals surface area (Å²) >= 11 is 11.5. The average molecular weight is 273 g/mol. The number of amides is 1. The van der Waals surface area contributed by atoms with Gasteiger partial charge in [-0.2, -0.15) is 5.26 Å². The molecule has 0 aliphatic carbocycles. The van der Waals surface area contributed by atoms with Crippen LogP contribution in [0.2, 0.25) is 10.0 Å². The number of nitriles is 1. The van der Waals surface area contributed by atoms with Gasteiger partial charge in [0.15, 0.2) is 5.60 Å². The number of rotatable bonds is 2. The Bertz CT molecular complexity index is 461. The van der Waals surface area contributed by atoms with Crippen molar-refractivity contribution in [1.29, 1.82) is 5.26 Å². The molecule has 1 rings (SSSR count). The fourth-order valence-electron chi connectivity index (χ4n) is 1.02. The molecule has 0 aliphatic heterocycles. The summed E-state index contributed by atoms with van der Waals surface area (Å²) in [5.41, 5.74) is -0.784. The van der Waals surface area contributed by atoms with Crippen LogP contribution >= 0.6 is 23.2 Å².